The predicted molar refractivity (Wildman–Crippen MR) is 98.1 cm³/mol. The van der Waals surface area contributed by atoms with Crippen LogP contribution in [0.4, 0.5) is 10.5 Å². The molecule has 0 aliphatic carbocycles. The lowest BCUT2D eigenvalue weighted by Crippen LogP contribution is -2.43. The van der Waals surface area contributed by atoms with Crippen molar-refractivity contribution in [1.29, 1.82) is 0 Å². The fourth-order valence-electron chi connectivity index (χ4n) is 2.36. The van der Waals surface area contributed by atoms with Gasteiger partial charge in [-0.25, -0.2) is 10.2 Å². The summed E-state index contributed by atoms with van der Waals surface area (Å²) in [7, 11) is 0. The van der Waals surface area contributed by atoms with Gasteiger partial charge in [0.05, 0.1) is 0 Å². The van der Waals surface area contributed by atoms with Gasteiger partial charge in [0.15, 0.2) is 0 Å². The van der Waals surface area contributed by atoms with E-state index in [0.29, 0.717) is 11.3 Å². The number of aryl methyl sites for hydroxylation is 1. The molecule has 1 aromatic heterocycles. The van der Waals surface area contributed by atoms with Gasteiger partial charge in [0.1, 0.15) is 0 Å². The molecule has 0 aliphatic heterocycles. The summed E-state index contributed by atoms with van der Waals surface area (Å²) in [6.45, 7) is 2.20. The molecule has 0 fully saturated rings. The van der Waals surface area contributed by atoms with Crippen LogP contribution in [0, 0.1) is 0 Å². The van der Waals surface area contributed by atoms with Crippen molar-refractivity contribution in [3.05, 3.63) is 59.9 Å². The predicted octanol–water partition coefficient (Wildman–Crippen LogP) is 3.67. The summed E-state index contributed by atoms with van der Waals surface area (Å²) < 4.78 is 0. The molecule has 6 nitrogen and oxygen atoms in total. The molecule has 3 amide bonds. The van der Waals surface area contributed by atoms with Crippen molar-refractivity contribution in [3.63, 3.8) is 0 Å². The quantitative estimate of drug-likeness (QED) is 0.531. The van der Waals surface area contributed by atoms with Gasteiger partial charge in [-0.1, -0.05) is 38.3 Å². The lowest BCUT2D eigenvalue weighted by atomic mass is 10.1. The van der Waals surface area contributed by atoms with E-state index in [9.17, 15) is 9.59 Å². The van der Waals surface area contributed by atoms with Crippen LogP contribution in [0.2, 0.25) is 0 Å². The van der Waals surface area contributed by atoms with Crippen molar-refractivity contribution in [1.82, 2.24) is 15.8 Å². The molecule has 25 heavy (non-hydrogen) atoms. The third kappa shape index (κ3) is 6.63. The molecule has 0 radical (unpaired) electrons. The third-order valence-corrected chi connectivity index (χ3v) is 3.76. The standard InChI is InChI=1S/C19H24N4O2/c1-2-3-4-5-6-15-7-9-17(10-8-15)21-19(25)23-22-18(24)16-11-13-20-14-12-16/h7-14H,2-6H2,1H3,(H,22,24)(H2,21,23,25). The van der Waals surface area contributed by atoms with Crippen LogP contribution in [0.1, 0.15) is 48.5 Å². The summed E-state index contributed by atoms with van der Waals surface area (Å²) in [6, 6.07) is 10.4. The number of nitrogens with one attached hydrogen (secondary N) is 3. The molecular weight excluding hydrogens is 316 g/mol. The minimum atomic E-state index is -0.502. The highest BCUT2D eigenvalue weighted by atomic mass is 16.2. The zero-order valence-electron chi connectivity index (χ0n) is 14.4. The fraction of sp³-hybridized carbons (Fsp3) is 0.316. The van der Waals surface area contributed by atoms with E-state index in [2.05, 4.69) is 28.1 Å². The topological polar surface area (TPSA) is 83.1 Å². The molecular formula is C19H24N4O2. The first-order valence-corrected chi connectivity index (χ1v) is 8.55. The highest BCUT2D eigenvalue weighted by Crippen LogP contribution is 2.12. The number of aromatic nitrogens is 1. The van der Waals surface area contributed by atoms with Gasteiger partial charge < -0.3 is 5.32 Å². The molecule has 2 rings (SSSR count). The van der Waals surface area contributed by atoms with Crippen molar-refractivity contribution in [3.8, 4) is 0 Å². The van der Waals surface area contributed by atoms with Gasteiger partial charge in [-0.2, -0.15) is 0 Å². The smallest absolute Gasteiger partial charge is 0.307 e. The summed E-state index contributed by atoms with van der Waals surface area (Å²) >= 11 is 0. The molecule has 0 unspecified atom stereocenters. The Morgan fingerprint density at radius 3 is 2.32 bits per heavy atom. The summed E-state index contributed by atoms with van der Waals surface area (Å²) in [4.78, 5) is 27.5. The van der Waals surface area contributed by atoms with Gasteiger partial charge in [-0.05, 0) is 42.7 Å². The van der Waals surface area contributed by atoms with Crippen molar-refractivity contribution < 1.29 is 9.59 Å². The van der Waals surface area contributed by atoms with Gasteiger partial charge in [0.2, 0.25) is 0 Å². The van der Waals surface area contributed by atoms with E-state index < -0.39 is 11.9 Å². The van der Waals surface area contributed by atoms with Crippen LogP contribution >= 0.6 is 0 Å². The SMILES string of the molecule is CCCCCCc1ccc(NC(=O)NNC(=O)c2ccncc2)cc1. The number of hydrogen-bond donors (Lipinski definition) is 3. The Labute approximate surface area is 148 Å². The molecule has 0 atom stereocenters. The Kier molecular flexibility index (Phi) is 7.43. The Morgan fingerprint density at radius 1 is 0.920 bits per heavy atom. The third-order valence-electron chi connectivity index (χ3n) is 3.76. The first-order valence-electron chi connectivity index (χ1n) is 8.55. The largest absolute Gasteiger partial charge is 0.337 e. The van der Waals surface area contributed by atoms with Crippen LogP contribution in [-0.2, 0) is 6.42 Å². The normalized spacial score (nSPS) is 10.1. The van der Waals surface area contributed by atoms with Crippen molar-refractivity contribution in [2.45, 2.75) is 39.0 Å². The highest BCUT2D eigenvalue weighted by molar-refractivity contribution is 5.96. The number of anilines is 1. The summed E-state index contributed by atoms with van der Waals surface area (Å²) in [5.74, 6) is -0.403. The number of amides is 3. The maximum atomic E-state index is 11.8. The van der Waals surface area contributed by atoms with Crippen LogP contribution < -0.4 is 16.2 Å². The Bertz CT molecular complexity index is 672. The van der Waals surface area contributed by atoms with E-state index >= 15 is 0 Å². The molecule has 1 aromatic carbocycles. The van der Waals surface area contributed by atoms with Crippen LogP contribution in [-0.4, -0.2) is 16.9 Å². The minimum Gasteiger partial charge on any atom is -0.307 e. The number of rotatable bonds is 7. The summed E-state index contributed by atoms with van der Waals surface area (Å²) in [5, 5.41) is 2.68. The lowest BCUT2D eigenvalue weighted by molar-refractivity contribution is 0.0938. The minimum absolute atomic E-state index is 0.403. The van der Waals surface area contributed by atoms with Gasteiger partial charge in [0.25, 0.3) is 5.91 Å². The Balaban J connectivity index is 1.74. The van der Waals surface area contributed by atoms with E-state index in [1.807, 2.05) is 24.3 Å². The van der Waals surface area contributed by atoms with E-state index in [0.717, 1.165) is 6.42 Å². The van der Waals surface area contributed by atoms with E-state index in [4.69, 9.17) is 0 Å². The number of nitrogens with zero attached hydrogens (tertiary/aromatic N) is 1. The molecule has 2 aromatic rings. The second-order valence-corrected chi connectivity index (χ2v) is 5.78. The Hall–Kier alpha value is -2.89. The first kappa shape index (κ1) is 18.4. The number of hydrogen-bond acceptors (Lipinski definition) is 3. The number of pyridine rings is 1. The van der Waals surface area contributed by atoms with E-state index in [1.54, 1.807) is 12.1 Å². The molecule has 0 spiro atoms. The molecule has 132 valence electrons. The second kappa shape index (κ2) is 10.1. The molecule has 6 heteroatoms. The van der Waals surface area contributed by atoms with Crippen molar-refractivity contribution in [2.75, 3.05) is 5.32 Å². The highest BCUT2D eigenvalue weighted by Gasteiger charge is 2.06. The number of carbonyl (C=O) groups excluding carboxylic acids is 2. The zero-order chi connectivity index (χ0) is 17.9. The molecule has 3 N–H and O–H groups in total. The monoisotopic (exact) mass is 340 g/mol. The molecule has 0 saturated heterocycles. The maximum Gasteiger partial charge on any atom is 0.337 e. The van der Waals surface area contributed by atoms with Crippen molar-refractivity contribution >= 4 is 17.6 Å². The number of urea groups is 1. The van der Waals surface area contributed by atoms with Gasteiger partial charge in [0, 0.05) is 23.6 Å². The second-order valence-electron chi connectivity index (χ2n) is 5.78. The van der Waals surface area contributed by atoms with E-state index in [1.165, 1.54) is 43.6 Å². The van der Waals surface area contributed by atoms with Crippen LogP contribution in [0.15, 0.2) is 48.8 Å². The van der Waals surface area contributed by atoms with Gasteiger partial charge in [-0.15, -0.1) is 0 Å². The summed E-state index contributed by atoms with van der Waals surface area (Å²) in [5.41, 5.74) is 7.01. The van der Waals surface area contributed by atoms with Crippen LogP contribution in [0.3, 0.4) is 0 Å². The van der Waals surface area contributed by atoms with Gasteiger partial charge >= 0.3 is 6.03 Å². The molecule has 0 bridgehead atoms. The molecule has 0 saturated carbocycles. The molecule has 1 heterocycles. The van der Waals surface area contributed by atoms with Crippen LogP contribution in [0.25, 0.3) is 0 Å². The lowest BCUT2D eigenvalue weighted by Gasteiger charge is -2.09. The average molecular weight is 340 g/mol. The zero-order valence-corrected chi connectivity index (χ0v) is 14.4. The number of carbonyl (C=O) groups is 2. The van der Waals surface area contributed by atoms with Crippen LogP contribution in [0.5, 0.6) is 0 Å². The summed E-state index contributed by atoms with van der Waals surface area (Å²) in [6.07, 6.45) is 9.00. The number of benzene rings is 1. The number of unbranched alkanes of at least 4 members (excludes halogenated alkanes) is 3. The van der Waals surface area contributed by atoms with Gasteiger partial charge in [-0.3, -0.25) is 15.2 Å². The first-order chi connectivity index (χ1) is 12.2. The fourth-order valence-corrected chi connectivity index (χ4v) is 2.36. The maximum absolute atomic E-state index is 11.8. The van der Waals surface area contributed by atoms with Crippen molar-refractivity contribution in [2.24, 2.45) is 0 Å². The Morgan fingerprint density at radius 2 is 1.64 bits per heavy atom. The molecule has 0 aliphatic rings. The number of hydrazine groups is 1. The average Bonchev–Trinajstić information content (AvgIpc) is 2.65. The van der Waals surface area contributed by atoms with E-state index in [-0.39, 0.29) is 0 Å².